The molecule has 1 fully saturated rings. The van der Waals surface area contributed by atoms with Crippen molar-refractivity contribution in [2.24, 2.45) is 0 Å². The van der Waals surface area contributed by atoms with E-state index in [0.717, 1.165) is 31.4 Å². The zero-order valence-electron chi connectivity index (χ0n) is 10.6. The van der Waals surface area contributed by atoms with E-state index in [1.165, 1.54) is 7.11 Å². The highest BCUT2D eigenvalue weighted by Crippen LogP contribution is 2.28. The molecule has 2 atom stereocenters. The highest BCUT2D eigenvalue weighted by molar-refractivity contribution is 5.79. The Bertz CT molecular complexity index is 413. The molecule has 98 valence electrons. The van der Waals surface area contributed by atoms with Gasteiger partial charge in [0.15, 0.2) is 0 Å². The van der Waals surface area contributed by atoms with E-state index in [2.05, 4.69) is 5.32 Å². The Labute approximate surface area is 107 Å². The summed E-state index contributed by atoms with van der Waals surface area (Å²) in [4.78, 5) is 12.0. The van der Waals surface area contributed by atoms with E-state index >= 15 is 0 Å². The summed E-state index contributed by atoms with van der Waals surface area (Å²) in [7, 11) is 1.40. The van der Waals surface area contributed by atoms with Crippen LogP contribution in [-0.2, 0) is 9.53 Å². The number of benzene rings is 1. The van der Waals surface area contributed by atoms with E-state index in [4.69, 9.17) is 4.74 Å². The van der Waals surface area contributed by atoms with Gasteiger partial charge in [0.25, 0.3) is 0 Å². The molecule has 2 N–H and O–H groups in total. The number of carbonyl (C=O) groups excluding carboxylic acids is 1. The number of esters is 1. The zero-order valence-corrected chi connectivity index (χ0v) is 10.6. The van der Waals surface area contributed by atoms with Gasteiger partial charge in [-0.3, -0.25) is 4.79 Å². The molecule has 4 heteroatoms. The third-order valence-electron chi connectivity index (χ3n) is 3.44. The Kier molecular flexibility index (Phi) is 4.20. The monoisotopic (exact) mass is 249 g/mol. The van der Waals surface area contributed by atoms with Gasteiger partial charge in [0.2, 0.25) is 0 Å². The van der Waals surface area contributed by atoms with Crippen LogP contribution in [0.1, 0.15) is 30.7 Å². The van der Waals surface area contributed by atoms with Gasteiger partial charge < -0.3 is 15.2 Å². The average molecular weight is 249 g/mol. The van der Waals surface area contributed by atoms with Crippen LogP contribution < -0.4 is 5.32 Å². The normalized spacial score (nSPS) is 21.3. The maximum atomic E-state index is 12.0. The van der Waals surface area contributed by atoms with E-state index in [1.807, 2.05) is 6.07 Å². The molecule has 1 aliphatic heterocycles. The Morgan fingerprint density at radius 1 is 1.50 bits per heavy atom. The number of nitrogens with one attached hydrogen (secondary N) is 1. The third-order valence-corrected chi connectivity index (χ3v) is 3.44. The van der Waals surface area contributed by atoms with Gasteiger partial charge in [0, 0.05) is 6.04 Å². The molecule has 0 aromatic heterocycles. The van der Waals surface area contributed by atoms with Gasteiger partial charge in [0.1, 0.15) is 5.75 Å². The minimum atomic E-state index is -0.345. The first-order valence-electron chi connectivity index (χ1n) is 6.32. The molecule has 0 spiro atoms. The molecule has 1 aromatic rings. The van der Waals surface area contributed by atoms with Crippen LogP contribution in [-0.4, -0.2) is 30.8 Å². The van der Waals surface area contributed by atoms with Gasteiger partial charge in [-0.2, -0.15) is 0 Å². The second-order valence-corrected chi connectivity index (χ2v) is 4.65. The number of carbonyl (C=O) groups is 1. The number of ether oxygens (including phenoxy) is 1. The maximum Gasteiger partial charge on any atom is 0.314 e. The molecule has 0 unspecified atom stereocenters. The number of phenols is 1. The van der Waals surface area contributed by atoms with Crippen molar-refractivity contribution in [1.82, 2.24) is 5.32 Å². The van der Waals surface area contributed by atoms with Crippen molar-refractivity contribution in [3.8, 4) is 5.75 Å². The predicted octanol–water partition coefficient (Wildman–Crippen LogP) is 1.79. The summed E-state index contributed by atoms with van der Waals surface area (Å²) in [5.41, 5.74) is 0.807. The smallest absolute Gasteiger partial charge is 0.314 e. The zero-order chi connectivity index (χ0) is 13.0. The lowest BCUT2D eigenvalue weighted by molar-refractivity contribution is -0.143. The molecule has 2 rings (SSSR count). The molecule has 18 heavy (non-hydrogen) atoms. The first-order valence-corrected chi connectivity index (χ1v) is 6.32. The summed E-state index contributed by atoms with van der Waals surface area (Å²) < 4.78 is 4.90. The lowest BCUT2D eigenvalue weighted by Gasteiger charge is -2.30. The van der Waals surface area contributed by atoms with Gasteiger partial charge in [-0.05, 0) is 37.1 Å². The highest BCUT2D eigenvalue weighted by Gasteiger charge is 2.31. The number of hydrogen-bond acceptors (Lipinski definition) is 4. The largest absolute Gasteiger partial charge is 0.508 e. The summed E-state index contributed by atoms with van der Waals surface area (Å²) >= 11 is 0. The summed E-state index contributed by atoms with van der Waals surface area (Å²) in [6.45, 7) is 0.928. The highest BCUT2D eigenvalue weighted by atomic mass is 16.5. The molecule has 0 radical (unpaired) electrons. The molecule has 0 saturated carbocycles. The van der Waals surface area contributed by atoms with Crippen molar-refractivity contribution >= 4 is 5.97 Å². The second kappa shape index (κ2) is 5.87. The van der Waals surface area contributed by atoms with Crippen LogP contribution in [0.25, 0.3) is 0 Å². The van der Waals surface area contributed by atoms with Crippen LogP contribution in [0.4, 0.5) is 0 Å². The van der Waals surface area contributed by atoms with E-state index < -0.39 is 0 Å². The number of rotatable bonds is 3. The van der Waals surface area contributed by atoms with Crippen LogP contribution in [0.5, 0.6) is 5.75 Å². The predicted molar refractivity (Wildman–Crippen MR) is 68.5 cm³/mol. The Balaban J connectivity index is 2.26. The van der Waals surface area contributed by atoms with E-state index in [0.29, 0.717) is 0 Å². The first-order chi connectivity index (χ1) is 8.72. The molecule has 0 bridgehead atoms. The molecule has 1 aromatic carbocycles. The molecule has 1 heterocycles. The topological polar surface area (TPSA) is 58.6 Å². The Hall–Kier alpha value is -1.55. The Morgan fingerprint density at radius 3 is 2.94 bits per heavy atom. The third kappa shape index (κ3) is 2.82. The lowest BCUT2D eigenvalue weighted by Crippen LogP contribution is -2.42. The Morgan fingerprint density at radius 2 is 2.33 bits per heavy atom. The van der Waals surface area contributed by atoms with Crippen molar-refractivity contribution in [2.75, 3.05) is 13.7 Å². The number of aromatic hydroxyl groups is 1. The van der Waals surface area contributed by atoms with Crippen LogP contribution in [0.2, 0.25) is 0 Å². The number of piperidine rings is 1. The van der Waals surface area contributed by atoms with Gasteiger partial charge in [-0.25, -0.2) is 0 Å². The van der Waals surface area contributed by atoms with Crippen molar-refractivity contribution < 1.29 is 14.6 Å². The number of phenolic OH excluding ortho intramolecular Hbond substituents is 1. The van der Waals surface area contributed by atoms with Gasteiger partial charge in [-0.1, -0.05) is 18.6 Å². The van der Waals surface area contributed by atoms with E-state index in [9.17, 15) is 9.90 Å². The molecular formula is C14H19NO3. The lowest BCUT2D eigenvalue weighted by atomic mass is 9.86. The van der Waals surface area contributed by atoms with E-state index in [-0.39, 0.29) is 23.7 Å². The summed E-state index contributed by atoms with van der Waals surface area (Å²) in [6.07, 6.45) is 3.21. The maximum absolute atomic E-state index is 12.0. The minimum absolute atomic E-state index is 0.0907. The van der Waals surface area contributed by atoms with E-state index in [1.54, 1.807) is 18.2 Å². The van der Waals surface area contributed by atoms with Gasteiger partial charge in [-0.15, -0.1) is 0 Å². The number of hydrogen-bond donors (Lipinski definition) is 2. The molecule has 0 amide bonds. The van der Waals surface area contributed by atoms with Crippen molar-refractivity contribution in [3.05, 3.63) is 29.8 Å². The molecule has 1 saturated heterocycles. The van der Waals surface area contributed by atoms with Crippen molar-refractivity contribution in [1.29, 1.82) is 0 Å². The van der Waals surface area contributed by atoms with Crippen molar-refractivity contribution in [3.63, 3.8) is 0 Å². The first kappa shape index (κ1) is 12.9. The quantitative estimate of drug-likeness (QED) is 0.802. The van der Waals surface area contributed by atoms with Crippen LogP contribution >= 0.6 is 0 Å². The molecule has 0 aliphatic carbocycles. The minimum Gasteiger partial charge on any atom is -0.508 e. The molecule has 4 nitrogen and oxygen atoms in total. The van der Waals surface area contributed by atoms with Crippen LogP contribution in [0.15, 0.2) is 24.3 Å². The molecule has 1 aliphatic rings. The number of methoxy groups -OCH3 is 1. The fraction of sp³-hybridized carbons (Fsp3) is 0.500. The molecular weight excluding hydrogens is 230 g/mol. The summed E-state index contributed by atoms with van der Waals surface area (Å²) in [5.74, 6) is -0.417. The average Bonchev–Trinajstić information content (AvgIpc) is 2.40. The fourth-order valence-electron chi connectivity index (χ4n) is 2.54. The second-order valence-electron chi connectivity index (χ2n) is 4.65. The standard InChI is InChI=1S/C14H19NO3/c1-18-14(17)13(12-7-2-3-8-15-12)10-5-4-6-11(16)9-10/h4-6,9,12-13,15-16H,2-3,7-8H2,1H3/t12-,13-/m0/s1. The summed E-state index contributed by atoms with van der Waals surface area (Å²) in [6, 6.07) is 6.94. The van der Waals surface area contributed by atoms with Crippen molar-refractivity contribution in [2.45, 2.75) is 31.2 Å². The van der Waals surface area contributed by atoms with Crippen LogP contribution in [0, 0.1) is 0 Å². The fourth-order valence-corrected chi connectivity index (χ4v) is 2.54. The van der Waals surface area contributed by atoms with Gasteiger partial charge >= 0.3 is 5.97 Å². The summed E-state index contributed by atoms with van der Waals surface area (Å²) in [5, 5.41) is 12.9. The van der Waals surface area contributed by atoms with Crippen LogP contribution in [0.3, 0.4) is 0 Å². The SMILES string of the molecule is COC(=O)[C@@H](c1cccc(O)c1)[C@@H]1CCCCN1. The van der Waals surface area contributed by atoms with Gasteiger partial charge in [0.05, 0.1) is 13.0 Å².